The minimum Gasteiger partial charge on any atom is -0.326 e. The first-order chi connectivity index (χ1) is 13.3. The molecule has 0 bridgehead atoms. The van der Waals surface area contributed by atoms with Gasteiger partial charge in [-0.3, -0.25) is 9.52 Å². The number of carbonyl (C=O) groups excluding carboxylic acids is 1. The van der Waals surface area contributed by atoms with Gasteiger partial charge in [-0.2, -0.15) is 0 Å². The van der Waals surface area contributed by atoms with Crippen LogP contribution in [-0.4, -0.2) is 14.3 Å². The van der Waals surface area contributed by atoms with E-state index in [4.69, 9.17) is 11.6 Å². The molecule has 0 saturated carbocycles. The van der Waals surface area contributed by atoms with Gasteiger partial charge in [-0.1, -0.05) is 53.6 Å². The average molecular weight is 415 g/mol. The smallest absolute Gasteiger partial charge is 0.261 e. The minimum absolute atomic E-state index is 0.0731. The van der Waals surface area contributed by atoms with Crippen molar-refractivity contribution in [1.29, 1.82) is 0 Å². The van der Waals surface area contributed by atoms with E-state index < -0.39 is 10.0 Å². The summed E-state index contributed by atoms with van der Waals surface area (Å²) in [6, 6.07) is 20.3. The fourth-order valence-electron chi connectivity index (χ4n) is 2.56. The molecule has 0 radical (unpaired) electrons. The topological polar surface area (TPSA) is 75.3 Å². The Morgan fingerprint density at radius 1 is 0.929 bits per heavy atom. The molecule has 0 aliphatic heterocycles. The first-order valence-corrected chi connectivity index (χ1v) is 10.4. The van der Waals surface area contributed by atoms with Gasteiger partial charge >= 0.3 is 0 Å². The molecule has 144 valence electrons. The molecule has 0 aromatic heterocycles. The van der Waals surface area contributed by atoms with Crippen LogP contribution in [0.15, 0.2) is 77.7 Å². The molecule has 0 heterocycles. The minimum atomic E-state index is -3.78. The summed E-state index contributed by atoms with van der Waals surface area (Å²) >= 11 is 6.00. The maximum absolute atomic E-state index is 12.5. The highest BCUT2D eigenvalue weighted by Gasteiger charge is 2.15. The van der Waals surface area contributed by atoms with Gasteiger partial charge in [-0.25, -0.2) is 8.42 Å². The van der Waals surface area contributed by atoms with E-state index in [0.29, 0.717) is 16.4 Å². The monoisotopic (exact) mass is 414 g/mol. The number of halogens is 1. The zero-order chi connectivity index (χ0) is 20.1. The van der Waals surface area contributed by atoms with E-state index in [9.17, 15) is 13.2 Å². The third kappa shape index (κ3) is 5.12. The second-order valence-corrected chi connectivity index (χ2v) is 8.41. The van der Waals surface area contributed by atoms with Crippen LogP contribution < -0.4 is 10.0 Å². The molecular weight excluding hydrogens is 396 g/mol. The highest BCUT2D eigenvalue weighted by Crippen LogP contribution is 2.24. The molecule has 0 unspecified atom stereocenters. The molecule has 0 aliphatic carbocycles. The molecule has 0 saturated heterocycles. The lowest BCUT2D eigenvalue weighted by molar-refractivity contribution is -0.115. The Morgan fingerprint density at radius 2 is 1.57 bits per heavy atom. The average Bonchev–Trinajstić information content (AvgIpc) is 2.66. The number of amides is 1. The number of carbonyl (C=O) groups is 1. The van der Waals surface area contributed by atoms with Crippen LogP contribution in [0.1, 0.15) is 11.1 Å². The Bertz CT molecular complexity index is 1080. The van der Waals surface area contributed by atoms with Gasteiger partial charge in [-0.05, 0) is 48.9 Å². The van der Waals surface area contributed by atoms with E-state index in [1.54, 1.807) is 36.4 Å². The number of hydrogen-bond donors (Lipinski definition) is 2. The predicted octanol–water partition coefficient (Wildman–Crippen LogP) is 4.63. The van der Waals surface area contributed by atoms with Gasteiger partial charge in [0.05, 0.1) is 22.0 Å². The zero-order valence-electron chi connectivity index (χ0n) is 15.1. The first kappa shape index (κ1) is 19.9. The summed E-state index contributed by atoms with van der Waals surface area (Å²) in [6.07, 6.45) is 0.244. The van der Waals surface area contributed by atoms with Gasteiger partial charge in [0.15, 0.2) is 0 Å². The first-order valence-electron chi connectivity index (χ1n) is 8.56. The van der Waals surface area contributed by atoms with Crippen molar-refractivity contribution in [3.8, 4) is 0 Å². The fraction of sp³-hybridized carbons (Fsp3) is 0.0952. The van der Waals surface area contributed by atoms with Crippen LogP contribution >= 0.6 is 11.6 Å². The van der Waals surface area contributed by atoms with Crippen LogP contribution in [0.2, 0.25) is 5.02 Å². The Hall–Kier alpha value is -2.83. The quantitative estimate of drug-likeness (QED) is 0.617. The van der Waals surface area contributed by atoms with E-state index >= 15 is 0 Å². The van der Waals surface area contributed by atoms with E-state index in [2.05, 4.69) is 10.0 Å². The lowest BCUT2D eigenvalue weighted by atomic mass is 10.1. The van der Waals surface area contributed by atoms with Crippen LogP contribution in [-0.2, 0) is 21.2 Å². The number of nitrogens with one attached hydrogen (secondary N) is 2. The van der Waals surface area contributed by atoms with Crippen LogP contribution in [0.3, 0.4) is 0 Å². The number of benzene rings is 3. The number of sulfonamides is 1. The number of rotatable bonds is 6. The van der Waals surface area contributed by atoms with Gasteiger partial charge in [0.25, 0.3) is 10.0 Å². The van der Waals surface area contributed by atoms with Crippen molar-refractivity contribution in [2.45, 2.75) is 18.2 Å². The SMILES string of the molecule is Cc1ccc(CC(=O)Nc2ccc(S(=O)(=O)Nc3ccccc3Cl)cc2)cc1. The number of anilines is 2. The largest absolute Gasteiger partial charge is 0.326 e. The van der Waals surface area contributed by atoms with Crippen molar-refractivity contribution in [2.24, 2.45) is 0 Å². The fourth-order valence-corrected chi connectivity index (χ4v) is 3.88. The number of aryl methyl sites for hydroxylation is 1. The molecule has 3 aromatic rings. The molecule has 0 atom stereocenters. The van der Waals surface area contributed by atoms with Gasteiger partial charge in [0, 0.05) is 5.69 Å². The highest BCUT2D eigenvalue weighted by atomic mass is 35.5. The van der Waals surface area contributed by atoms with E-state index in [0.717, 1.165) is 11.1 Å². The van der Waals surface area contributed by atoms with Crippen molar-refractivity contribution < 1.29 is 13.2 Å². The van der Waals surface area contributed by atoms with Gasteiger partial charge < -0.3 is 5.32 Å². The molecule has 5 nitrogen and oxygen atoms in total. The third-order valence-electron chi connectivity index (χ3n) is 4.05. The maximum atomic E-state index is 12.5. The Kier molecular flexibility index (Phi) is 6.02. The van der Waals surface area contributed by atoms with Crippen LogP contribution in [0, 0.1) is 6.92 Å². The van der Waals surface area contributed by atoms with Crippen molar-refractivity contribution >= 4 is 38.9 Å². The summed E-state index contributed by atoms with van der Waals surface area (Å²) in [4.78, 5) is 12.2. The Balaban J connectivity index is 1.66. The molecule has 0 spiro atoms. The Labute approximate surface area is 169 Å². The standard InChI is InChI=1S/C21H19ClN2O3S/c1-15-6-8-16(9-7-15)14-21(25)23-17-10-12-18(13-11-17)28(26,27)24-20-5-3-2-4-19(20)22/h2-13,24H,14H2,1H3,(H,23,25). The summed E-state index contributed by atoms with van der Waals surface area (Å²) in [6.45, 7) is 1.99. The molecule has 3 rings (SSSR count). The maximum Gasteiger partial charge on any atom is 0.261 e. The third-order valence-corrected chi connectivity index (χ3v) is 5.76. The van der Waals surface area contributed by atoms with Crippen molar-refractivity contribution in [1.82, 2.24) is 0 Å². The van der Waals surface area contributed by atoms with E-state index in [1.165, 1.54) is 12.1 Å². The van der Waals surface area contributed by atoms with Gasteiger partial charge in [-0.15, -0.1) is 0 Å². The second-order valence-electron chi connectivity index (χ2n) is 6.32. The summed E-state index contributed by atoms with van der Waals surface area (Å²) in [5.41, 5.74) is 2.87. The summed E-state index contributed by atoms with van der Waals surface area (Å²) in [7, 11) is -3.78. The predicted molar refractivity (Wildman–Crippen MR) is 112 cm³/mol. The van der Waals surface area contributed by atoms with E-state index in [1.807, 2.05) is 31.2 Å². The second kappa shape index (κ2) is 8.46. The lowest BCUT2D eigenvalue weighted by Gasteiger charge is -2.10. The van der Waals surface area contributed by atoms with Crippen molar-refractivity contribution in [3.05, 3.63) is 88.9 Å². The van der Waals surface area contributed by atoms with Gasteiger partial charge in [0.2, 0.25) is 5.91 Å². The van der Waals surface area contributed by atoms with Gasteiger partial charge in [0.1, 0.15) is 0 Å². The zero-order valence-corrected chi connectivity index (χ0v) is 16.7. The molecule has 7 heteroatoms. The lowest BCUT2D eigenvalue weighted by Crippen LogP contribution is -2.15. The normalized spacial score (nSPS) is 11.1. The van der Waals surface area contributed by atoms with Crippen LogP contribution in [0.25, 0.3) is 0 Å². The molecule has 0 aliphatic rings. The number of para-hydroxylation sites is 1. The molecule has 28 heavy (non-hydrogen) atoms. The molecule has 1 amide bonds. The molecule has 2 N–H and O–H groups in total. The van der Waals surface area contributed by atoms with Crippen LogP contribution in [0.5, 0.6) is 0 Å². The molecular formula is C21H19ClN2O3S. The summed E-state index contributed by atoms with van der Waals surface area (Å²) in [5, 5.41) is 3.08. The van der Waals surface area contributed by atoms with Crippen molar-refractivity contribution in [2.75, 3.05) is 10.0 Å². The number of hydrogen-bond acceptors (Lipinski definition) is 3. The molecule has 3 aromatic carbocycles. The highest BCUT2D eigenvalue weighted by molar-refractivity contribution is 7.92. The van der Waals surface area contributed by atoms with E-state index in [-0.39, 0.29) is 17.2 Å². The summed E-state index contributed by atoms with van der Waals surface area (Å²) in [5.74, 6) is -0.173. The van der Waals surface area contributed by atoms with Crippen molar-refractivity contribution in [3.63, 3.8) is 0 Å². The Morgan fingerprint density at radius 3 is 2.21 bits per heavy atom. The molecule has 0 fully saturated rings. The van der Waals surface area contributed by atoms with Crippen LogP contribution in [0.4, 0.5) is 11.4 Å². The summed E-state index contributed by atoms with van der Waals surface area (Å²) < 4.78 is 27.5.